The highest BCUT2D eigenvalue weighted by Crippen LogP contribution is 2.37. The molecule has 5 aromatic rings. The number of pyridine rings is 1. The second-order valence-corrected chi connectivity index (χ2v) is 10.7. The van der Waals surface area contributed by atoms with Crippen LogP contribution >= 0.6 is 0 Å². The fourth-order valence-corrected chi connectivity index (χ4v) is 4.00. The van der Waals surface area contributed by atoms with Crippen LogP contribution in [0.1, 0.15) is 53.1 Å². The molecule has 4 nitrogen and oxygen atoms in total. The Balaban J connectivity index is 1.72. The van der Waals surface area contributed by atoms with Gasteiger partial charge in [-0.15, -0.1) is 0 Å². The highest BCUT2D eigenvalue weighted by Gasteiger charge is 2.24. The highest BCUT2D eigenvalue weighted by molar-refractivity contribution is 6.10. The Kier molecular flexibility index (Phi) is 4.86. The van der Waals surface area contributed by atoms with Gasteiger partial charge in [0.05, 0.1) is 17.1 Å². The van der Waals surface area contributed by atoms with E-state index in [9.17, 15) is 0 Å². The van der Waals surface area contributed by atoms with Crippen LogP contribution in [0, 0.1) is 0 Å². The first-order valence-electron chi connectivity index (χ1n) is 11.4. The zero-order valence-electron chi connectivity index (χ0n) is 20.1. The number of hydrogen-bond acceptors (Lipinski definition) is 4. The van der Waals surface area contributed by atoms with E-state index in [2.05, 4.69) is 82.9 Å². The molecule has 0 spiro atoms. The monoisotopic (exact) mass is 435 g/mol. The van der Waals surface area contributed by atoms with Crippen molar-refractivity contribution in [2.24, 2.45) is 0 Å². The second kappa shape index (κ2) is 7.51. The molecule has 2 aromatic carbocycles. The third-order valence-corrected chi connectivity index (χ3v) is 5.90. The lowest BCUT2D eigenvalue weighted by Crippen LogP contribution is -2.22. The minimum atomic E-state index is -0.139. The summed E-state index contributed by atoms with van der Waals surface area (Å²) < 4.78 is 6.31. The first-order valence-corrected chi connectivity index (χ1v) is 11.4. The van der Waals surface area contributed by atoms with Gasteiger partial charge in [0.1, 0.15) is 17.0 Å². The van der Waals surface area contributed by atoms with Gasteiger partial charge in [0.15, 0.2) is 0 Å². The third kappa shape index (κ3) is 3.91. The predicted octanol–water partition coefficient (Wildman–Crippen LogP) is 7.70. The van der Waals surface area contributed by atoms with E-state index in [1.54, 1.807) is 0 Å². The molecule has 0 aliphatic carbocycles. The number of hydrogen-bond donors (Lipinski definition) is 0. The zero-order chi connectivity index (χ0) is 23.4. The average molecular weight is 436 g/mol. The zero-order valence-corrected chi connectivity index (χ0v) is 20.1. The standard InChI is InChI=1S/C29H29N3O/c1-28(2,3)25-17-23(31-27(32-25)29(4,5)6)18-13-14-24-21(16-18)19-10-9-11-20(26(19)33-24)22-12-7-8-15-30-22/h7-17H,1-6H3. The molecule has 0 N–H and O–H groups in total. The molecule has 0 saturated carbocycles. The van der Waals surface area contributed by atoms with Gasteiger partial charge >= 0.3 is 0 Å². The van der Waals surface area contributed by atoms with Crippen molar-refractivity contribution in [3.05, 3.63) is 78.4 Å². The number of rotatable bonds is 2. The van der Waals surface area contributed by atoms with Crippen molar-refractivity contribution < 1.29 is 4.42 Å². The number of benzene rings is 2. The van der Waals surface area contributed by atoms with Crippen LogP contribution in [-0.4, -0.2) is 15.0 Å². The van der Waals surface area contributed by atoms with E-state index < -0.39 is 0 Å². The number of fused-ring (bicyclic) bond motifs is 3. The summed E-state index contributed by atoms with van der Waals surface area (Å²) in [6.45, 7) is 13.0. The molecule has 0 aliphatic heterocycles. The minimum Gasteiger partial charge on any atom is -0.455 e. The number of aromatic nitrogens is 3. The largest absolute Gasteiger partial charge is 0.455 e. The van der Waals surface area contributed by atoms with Crippen LogP contribution < -0.4 is 0 Å². The summed E-state index contributed by atoms with van der Waals surface area (Å²) in [7, 11) is 0. The van der Waals surface area contributed by atoms with Gasteiger partial charge < -0.3 is 4.42 Å². The molecular weight excluding hydrogens is 406 g/mol. The molecule has 0 unspecified atom stereocenters. The Morgan fingerprint density at radius 1 is 0.697 bits per heavy atom. The summed E-state index contributed by atoms with van der Waals surface area (Å²) in [5, 5.41) is 2.16. The minimum absolute atomic E-state index is 0.0677. The SMILES string of the molecule is CC(C)(C)c1cc(-c2ccc3oc4c(-c5ccccn5)cccc4c3c2)nc(C(C)(C)C)n1. The molecule has 3 heterocycles. The maximum Gasteiger partial charge on any atom is 0.144 e. The van der Waals surface area contributed by atoms with E-state index >= 15 is 0 Å². The van der Waals surface area contributed by atoms with Gasteiger partial charge in [-0.2, -0.15) is 0 Å². The molecular formula is C29H29N3O. The van der Waals surface area contributed by atoms with Crippen molar-refractivity contribution in [3.8, 4) is 22.5 Å². The fraction of sp³-hybridized carbons (Fsp3) is 0.276. The van der Waals surface area contributed by atoms with E-state index in [0.29, 0.717) is 0 Å². The Morgan fingerprint density at radius 2 is 1.52 bits per heavy atom. The summed E-state index contributed by atoms with van der Waals surface area (Å²) in [5.74, 6) is 0.861. The van der Waals surface area contributed by atoms with Crippen LogP contribution in [0.2, 0.25) is 0 Å². The summed E-state index contributed by atoms with van der Waals surface area (Å²) in [6, 6.07) is 20.6. The predicted molar refractivity (Wildman–Crippen MR) is 135 cm³/mol. The van der Waals surface area contributed by atoms with E-state index in [1.807, 2.05) is 30.5 Å². The van der Waals surface area contributed by atoms with Crippen LogP contribution in [0.5, 0.6) is 0 Å². The number of para-hydroxylation sites is 1. The number of nitrogens with zero attached hydrogens (tertiary/aromatic N) is 3. The Bertz CT molecular complexity index is 1440. The maximum absolute atomic E-state index is 6.31. The summed E-state index contributed by atoms with van der Waals surface area (Å²) in [5.41, 5.74) is 6.47. The molecule has 0 amide bonds. The highest BCUT2D eigenvalue weighted by atomic mass is 16.3. The van der Waals surface area contributed by atoms with Crippen molar-refractivity contribution >= 4 is 21.9 Å². The number of furan rings is 1. The fourth-order valence-electron chi connectivity index (χ4n) is 4.00. The van der Waals surface area contributed by atoms with Gasteiger partial charge in [-0.1, -0.05) is 59.7 Å². The molecule has 0 aliphatic rings. The molecule has 4 heteroatoms. The topological polar surface area (TPSA) is 51.8 Å². The molecule has 166 valence electrons. The van der Waals surface area contributed by atoms with Crippen LogP contribution in [0.4, 0.5) is 0 Å². The van der Waals surface area contributed by atoms with Gasteiger partial charge in [-0.3, -0.25) is 4.98 Å². The molecule has 0 saturated heterocycles. The van der Waals surface area contributed by atoms with Gasteiger partial charge in [0, 0.05) is 38.9 Å². The lowest BCUT2D eigenvalue weighted by molar-refractivity contribution is 0.514. The van der Waals surface area contributed by atoms with Gasteiger partial charge in [-0.25, -0.2) is 9.97 Å². The molecule has 3 aromatic heterocycles. The Morgan fingerprint density at radius 3 is 2.21 bits per heavy atom. The van der Waals surface area contributed by atoms with Crippen LogP contribution in [0.3, 0.4) is 0 Å². The summed E-state index contributed by atoms with van der Waals surface area (Å²) in [4.78, 5) is 14.4. The molecule has 0 atom stereocenters. The smallest absolute Gasteiger partial charge is 0.144 e. The van der Waals surface area contributed by atoms with E-state index in [1.165, 1.54) is 0 Å². The molecule has 0 fully saturated rings. The lowest BCUT2D eigenvalue weighted by atomic mass is 9.89. The van der Waals surface area contributed by atoms with Crippen molar-refractivity contribution in [2.45, 2.75) is 52.4 Å². The normalized spacial score (nSPS) is 12.5. The van der Waals surface area contributed by atoms with Crippen molar-refractivity contribution in [1.29, 1.82) is 0 Å². The van der Waals surface area contributed by atoms with Crippen molar-refractivity contribution in [2.75, 3.05) is 0 Å². The van der Waals surface area contributed by atoms with Gasteiger partial charge in [0.2, 0.25) is 0 Å². The lowest BCUT2D eigenvalue weighted by Gasteiger charge is -2.23. The third-order valence-electron chi connectivity index (χ3n) is 5.90. The van der Waals surface area contributed by atoms with E-state index in [4.69, 9.17) is 14.4 Å². The van der Waals surface area contributed by atoms with Crippen LogP contribution in [-0.2, 0) is 10.8 Å². The summed E-state index contributed by atoms with van der Waals surface area (Å²) >= 11 is 0. The van der Waals surface area contributed by atoms with Gasteiger partial charge in [-0.05, 0) is 42.5 Å². The molecule has 0 bridgehead atoms. The van der Waals surface area contributed by atoms with E-state index in [0.717, 1.165) is 56.0 Å². The van der Waals surface area contributed by atoms with Crippen LogP contribution in [0.15, 0.2) is 71.3 Å². The van der Waals surface area contributed by atoms with E-state index in [-0.39, 0.29) is 10.8 Å². The van der Waals surface area contributed by atoms with Gasteiger partial charge in [0.25, 0.3) is 0 Å². The average Bonchev–Trinajstić information content (AvgIpc) is 3.16. The van der Waals surface area contributed by atoms with Crippen molar-refractivity contribution in [3.63, 3.8) is 0 Å². The molecule has 0 radical (unpaired) electrons. The molecule has 33 heavy (non-hydrogen) atoms. The van der Waals surface area contributed by atoms with Crippen LogP contribution in [0.25, 0.3) is 44.5 Å². The Labute approximate surface area is 194 Å². The quantitative estimate of drug-likeness (QED) is 0.285. The van der Waals surface area contributed by atoms with Crippen molar-refractivity contribution in [1.82, 2.24) is 15.0 Å². The summed E-state index contributed by atoms with van der Waals surface area (Å²) in [6.07, 6.45) is 1.81. The maximum atomic E-state index is 6.31. The second-order valence-electron chi connectivity index (χ2n) is 10.7. The first kappa shape index (κ1) is 21.3. The first-order chi connectivity index (χ1) is 15.6. The molecule has 5 rings (SSSR count). The Hall–Kier alpha value is -3.53.